The number of amides is 1. The number of nitrogens with zero attached hydrogens (tertiary/aromatic N) is 1. The zero-order valence-corrected chi connectivity index (χ0v) is 12.5. The molecule has 1 saturated heterocycles. The van der Waals surface area contributed by atoms with Crippen molar-refractivity contribution in [3.8, 4) is 0 Å². The number of hydrogen-bond acceptors (Lipinski definition) is 2. The molecule has 0 saturated carbocycles. The van der Waals surface area contributed by atoms with E-state index in [1.54, 1.807) is 0 Å². The summed E-state index contributed by atoms with van der Waals surface area (Å²) in [6.07, 6.45) is 9.63. The van der Waals surface area contributed by atoms with E-state index in [1.165, 1.54) is 18.5 Å². The smallest absolute Gasteiger partial charge is 0.223 e. The van der Waals surface area contributed by atoms with Gasteiger partial charge in [0.1, 0.15) is 0 Å². The molecule has 3 nitrogen and oxygen atoms in total. The molecule has 0 aromatic heterocycles. The molecule has 1 aromatic rings. The van der Waals surface area contributed by atoms with Crippen LogP contribution >= 0.6 is 0 Å². The van der Waals surface area contributed by atoms with Gasteiger partial charge in [0.15, 0.2) is 0 Å². The standard InChI is InChI=1S/C18H24N2O/c21-18(15-8-3-1-4-9-15)19-14-17-12-7-13-20(17)16-10-5-2-6-11-16/h1-3,5-6,10-11,15,17H,4,7-9,12-14H2,(H,19,21)/t15-,17+/m1/s1. The Balaban J connectivity index is 1.54. The van der Waals surface area contributed by atoms with Crippen LogP contribution in [-0.4, -0.2) is 25.0 Å². The third-order valence-electron chi connectivity index (χ3n) is 4.62. The quantitative estimate of drug-likeness (QED) is 0.862. The Morgan fingerprint density at radius 2 is 2.05 bits per heavy atom. The Hall–Kier alpha value is -1.77. The van der Waals surface area contributed by atoms with E-state index in [1.807, 2.05) is 6.07 Å². The maximum Gasteiger partial charge on any atom is 0.223 e. The first-order chi connectivity index (χ1) is 10.3. The summed E-state index contributed by atoms with van der Waals surface area (Å²) >= 11 is 0. The minimum Gasteiger partial charge on any atom is -0.367 e. The Morgan fingerprint density at radius 3 is 2.81 bits per heavy atom. The Bertz CT molecular complexity index is 497. The molecule has 1 aromatic carbocycles. The van der Waals surface area contributed by atoms with Crippen LogP contribution in [0.1, 0.15) is 32.1 Å². The van der Waals surface area contributed by atoms with Crippen LogP contribution in [0.2, 0.25) is 0 Å². The fraction of sp³-hybridized carbons (Fsp3) is 0.500. The third-order valence-corrected chi connectivity index (χ3v) is 4.62. The van der Waals surface area contributed by atoms with E-state index in [-0.39, 0.29) is 11.8 Å². The van der Waals surface area contributed by atoms with Gasteiger partial charge in [-0.3, -0.25) is 4.79 Å². The van der Waals surface area contributed by atoms with E-state index in [2.05, 4.69) is 46.6 Å². The van der Waals surface area contributed by atoms with Crippen LogP contribution in [0.25, 0.3) is 0 Å². The van der Waals surface area contributed by atoms with Crippen molar-refractivity contribution in [3.05, 3.63) is 42.5 Å². The second kappa shape index (κ2) is 6.79. The highest BCUT2D eigenvalue weighted by Crippen LogP contribution is 2.25. The summed E-state index contributed by atoms with van der Waals surface area (Å²) < 4.78 is 0. The van der Waals surface area contributed by atoms with E-state index in [0.29, 0.717) is 6.04 Å². The van der Waals surface area contributed by atoms with Gasteiger partial charge in [0.2, 0.25) is 5.91 Å². The number of hydrogen-bond donors (Lipinski definition) is 1. The Morgan fingerprint density at radius 1 is 1.19 bits per heavy atom. The molecule has 2 atom stereocenters. The zero-order valence-electron chi connectivity index (χ0n) is 12.5. The topological polar surface area (TPSA) is 32.3 Å². The molecule has 3 rings (SSSR count). The lowest BCUT2D eigenvalue weighted by Crippen LogP contribution is -2.42. The SMILES string of the molecule is O=C(NC[C@@H]1CCCN1c1ccccc1)[C@@H]1CC=CCC1. The number of rotatable bonds is 4. The number of benzene rings is 1. The number of allylic oxidation sites excluding steroid dienone is 2. The van der Waals surface area contributed by atoms with Gasteiger partial charge >= 0.3 is 0 Å². The summed E-state index contributed by atoms with van der Waals surface area (Å²) in [5.41, 5.74) is 1.27. The first-order valence-corrected chi connectivity index (χ1v) is 8.09. The Kier molecular flexibility index (Phi) is 4.59. The van der Waals surface area contributed by atoms with Gasteiger partial charge in [-0.1, -0.05) is 30.4 Å². The van der Waals surface area contributed by atoms with Gasteiger partial charge in [-0.15, -0.1) is 0 Å². The van der Waals surface area contributed by atoms with Crippen LogP contribution in [0.4, 0.5) is 5.69 Å². The van der Waals surface area contributed by atoms with Crippen molar-refractivity contribution in [2.75, 3.05) is 18.0 Å². The second-order valence-electron chi connectivity index (χ2n) is 6.05. The highest BCUT2D eigenvalue weighted by Gasteiger charge is 2.26. The van der Waals surface area contributed by atoms with E-state index < -0.39 is 0 Å². The van der Waals surface area contributed by atoms with Crippen molar-refractivity contribution in [1.29, 1.82) is 0 Å². The maximum atomic E-state index is 12.2. The lowest BCUT2D eigenvalue weighted by atomic mass is 9.93. The highest BCUT2D eigenvalue weighted by molar-refractivity contribution is 5.79. The molecule has 21 heavy (non-hydrogen) atoms. The van der Waals surface area contributed by atoms with Gasteiger partial charge in [0.05, 0.1) is 0 Å². The van der Waals surface area contributed by atoms with Gasteiger partial charge in [-0.25, -0.2) is 0 Å². The van der Waals surface area contributed by atoms with Crippen LogP contribution in [0.15, 0.2) is 42.5 Å². The first kappa shape index (κ1) is 14.2. The monoisotopic (exact) mass is 284 g/mol. The van der Waals surface area contributed by atoms with Crippen molar-refractivity contribution in [3.63, 3.8) is 0 Å². The van der Waals surface area contributed by atoms with E-state index >= 15 is 0 Å². The van der Waals surface area contributed by atoms with Gasteiger partial charge < -0.3 is 10.2 Å². The fourth-order valence-corrected chi connectivity index (χ4v) is 3.40. The number of carbonyl (C=O) groups excluding carboxylic acids is 1. The van der Waals surface area contributed by atoms with E-state index in [0.717, 1.165) is 32.4 Å². The summed E-state index contributed by atoms with van der Waals surface area (Å²) in [5, 5.41) is 3.18. The van der Waals surface area contributed by atoms with Crippen molar-refractivity contribution < 1.29 is 4.79 Å². The molecule has 1 amide bonds. The van der Waals surface area contributed by atoms with E-state index in [4.69, 9.17) is 0 Å². The molecule has 1 fully saturated rings. The lowest BCUT2D eigenvalue weighted by molar-refractivity contribution is -0.125. The molecule has 1 N–H and O–H groups in total. The molecule has 112 valence electrons. The maximum absolute atomic E-state index is 12.2. The van der Waals surface area contributed by atoms with Gasteiger partial charge in [-0.05, 0) is 44.2 Å². The van der Waals surface area contributed by atoms with Crippen LogP contribution < -0.4 is 10.2 Å². The summed E-state index contributed by atoms with van der Waals surface area (Å²) in [6.45, 7) is 1.87. The van der Waals surface area contributed by atoms with Crippen LogP contribution in [0.5, 0.6) is 0 Å². The molecule has 0 unspecified atom stereocenters. The van der Waals surface area contributed by atoms with Gasteiger partial charge in [-0.2, -0.15) is 0 Å². The molecule has 1 aliphatic heterocycles. The largest absolute Gasteiger partial charge is 0.367 e. The lowest BCUT2D eigenvalue weighted by Gasteiger charge is -2.28. The molecular weight excluding hydrogens is 260 g/mol. The number of para-hydroxylation sites is 1. The normalized spacial score (nSPS) is 25.0. The van der Waals surface area contributed by atoms with Gasteiger partial charge in [0, 0.05) is 30.7 Å². The average molecular weight is 284 g/mol. The third kappa shape index (κ3) is 3.46. The summed E-state index contributed by atoms with van der Waals surface area (Å²) in [6, 6.07) is 11.0. The van der Waals surface area contributed by atoms with Crippen molar-refractivity contribution >= 4 is 11.6 Å². The number of nitrogens with one attached hydrogen (secondary N) is 1. The predicted octanol–water partition coefficient (Wildman–Crippen LogP) is 3.13. The molecule has 1 heterocycles. The molecule has 0 bridgehead atoms. The molecule has 3 heteroatoms. The summed E-state index contributed by atoms with van der Waals surface area (Å²) in [5.74, 6) is 0.417. The molecular formula is C18H24N2O. The predicted molar refractivity (Wildman–Crippen MR) is 86.3 cm³/mol. The average Bonchev–Trinajstić information content (AvgIpc) is 3.03. The van der Waals surface area contributed by atoms with E-state index in [9.17, 15) is 4.79 Å². The molecule has 2 aliphatic rings. The minimum absolute atomic E-state index is 0.182. The van der Waals surface area contributed by atoms with Crippen LogP contribution in [0, 0.1) is 5.92 Å². The minimum atomic E-state index is 0.182. The van der Waals surface area contributed by atoms with Crippen LogP contribution in [-0.2, 0) is 4.79 Å². The molecule has 0 spiro atoms. The van der Waals surface area contributed by atoms with Crippen molar-refractivity contribution in [2.24, 2.45) is 5.92 Å². The fourth-order valence-electron chi connectivity index (χ4n) is 3.40. The van der Waals surface area contributed by atoms with Gasteiger partial charge in [0.25, 0.3) is 0 Å². The number of carbonyl (C=O) groups is 1. The number of anilines is 1. The molecule has 1 aliphatic carbocycles. The summed E-state index contributed by atoms with van der Waals surface area (Å²) in [7, 11) is 0. The van der Waals surface area contributed by atoms with Crippen LogP contribution in [0.3, 0.4) is 0 Å². The summed E-state index contributed by atoms with van der Waals surface area (Å²) in [4.78, 5) is 14.7. The van der Waals surface area contributed by atoms with Crippen molar-refractivity contribution in [1.82, 2.24) is 5.32 Å². The zero-order chi connectivity index (χ0) is 14.5. The highest BCUT2D eigenvalue weighted by atomic mass is 16.1. The molecule has 0 radical (unpaired) electrons. The first-order valence-electron chi connectivity index (χ1n) is 8.09. The Labute approximate surface area is 127 Å². The second-order valence-corrected chi connectivity index (χ2v) is 6.05. The van der Waals surface area contributed by atoms with Crippen molar-refractivity contribution in [2.45, 2.75) is 38.1 Å².